The first kappa shape index (κ1) is 19.1. The molecule has 0 unspecified atom stereocenters. The van der Waals surface area contributed by atoms with Crippen LogP contribution in [-0.4, -0.2) is 30.5 Å². The maximum atomic E-state index is 13.3. The van der Waals surface area contributed by atoms with Gasteiger partial charge in [0.25, 0.3) is 0 Å². The molecule has 1 atom stereocenters. The molecule has 0 bridgehead atoms. The van der Waals surface area contributed by atoms with Gasteiger partial charge in [-0.25, -0.2) is 9.07 Å². The largest absolute Gasteiger partial charge is 0.349 e. The number of fused-ring (bicyclic) bond motifs is 1. The SMILES string of the molecule is C[C@@H](NC(=O)Cc1cc2cnn(-c3cnn(C)c3)c2cn1)c1ccc(F)c(Cl)c1. The highest BCUT2D eigenvalue weighted by atomic mass is 35.5. The number of carbonyl (C=O) groups is 1. The number of hydrogen-bond donors (Lipinski definition) is 1. The molecule has 1 N–H and O–H groups in total. The van der Waals surface area contributed by atoms with Crippen LogP contribution in [0.15, 0.2) is 49.1 Å². The molecule has 7 nitrogen and oxygen atoms in total. The summed E-state index contributed by atoms with van der Waals surface area (Å²) in [5.41, 5.74) is 3.02. The number of amides is 1. The van der Waals surface area contributed by atoms with Gasteiger partial charge in [0.2, 0.25) is 5.91 Å². The van der Waals surface area contributed by atoms with E-state index in [-0.39, 0.29) is 23.4 Å². The van der Waals surface area contributed by atoms with Crippen molar-refractivity contribution in [2.75, 3.05) is 0 Å². The molecule has 0 saturated heterocycles. The first-order valence-electron chi connectivity index (χ1n) is 8.96. The van der Waals surface area contributed by atoms with Crippen LogP contribution < -0.4 is 5.32 Å². The zero-order valence-corrected chi connectivity index (χ0v) is 16.6. The van der Waals surface area contributed by atoms with Gasteiger partial charge >= 0.3 is 0 Å². The molecule has 0 saturated carbocycles. The van der Waals surface area contributed by atoms with Gasteiger partial charge in [0, 0.05) is 12.4 Å². The summed E-state index contributed by atoms with van der Waals surface area (Å²) in [4.78, 5) is 16.8. The summed E-state index contributed by atoms with van der Waals surface area (Å²) < 4.78 is 16.8. The molecule has 0 spiro atoms. The molecule has 0 aliphatic rings. The van der Waals surface area contributed by atoms with Crippen LogP contribution in [0.3, 0.4) is 0 Å². The molecular formula is C20H18ClFN6O. The highest BCUT2D eigenvalue weighted by molar-refractivity contribution is 6.30. The molecule has 9 heteroatoms. The molecule has 0 aliphatic carbocycles. The fourth-order valence-corrected chi connectivity index (χ4v) is 3.30. The van der Waals surface area contributed by atoms with E-state index >= 15 is 0 Å². The van der Waals surface area contributed by atoms with Crippen LogP contribution in [0.4, 0.5) is 4.39 Å². The van der Waals surface area contributed by atoms with Gasteiger partial charge in [-0.1, -0.05) is 17.7 Å². The lowest BCUT2D eigenvalue weighted by Gasteiger charge is -2.14. The Balaban J connectivity index is 1.47. The van der Waals surface area contributed by atoms with Crippen LogP contribution in [0.1, 0.15) is 24.2 Å². The van der Waals surface area contributed by atoms with E-state index in [4.69, 9.17) is 11.6 Å². The maximum absolute atomic E-state index is 13.3. The van der Waals surface area contributed by atoms with Crippen LogP contribution >= 0.6 is 11.6 Å². The lowest BCUT2D eigenvalue weighted by atomic mass is 10.1. The second kappa shape index (κ2) is 7.63. The Kier molecular flexibility index (Phi) is 5.02. The predicted octanol–water partition coefficient (Wildman–Crippen LogP) is 3.37. The van der Waals surface area contributed by atoms with E-state index in [9.17, 15) is 9.18 Å². The van der Waals surface area contributed by atoms with E-state index < -0.39 is 5.82 Å². The molecule has 0 fully saturated rings. The Labute approximate surface area is 171 Å². The number of carbonyl (C=O) groups excluding carboxylic acids is 1. The standard InChI is InChI=1S/C20H18ClFN6O/c1-12(13-3-4-18(22)17(21)6-13)26-20(29)7-15-5-14-8-25-28(19(14)10-23-15)16-9-24-27(2)11-16/h3-6,8-12H,7H2,1-2H3,(H,26,29)/t12-/m1/s1. The van der Waals surface area contributed by atoms with Crippen molar-refractivity contribution in [2.24, 2.45) is 7.05 Å². The number of nitrogens with zero attached hydrogens (tertiary/aromatic N) is 5. The highest BCUT2D eigenvalue weighted by Gasteiger charge is 2.14. The molecule has 0 radical (unpaired) electrons. The van der Waals surface area contributed by atoms with Crippen molar-refractivity contribution in [3.8, 4) is 5.69 Å². The van der Waals surface area contributed by atoms with Gasteiger partial charge < -0.3 is 5.32 Å². The summed E-state index contributed by atoms with van der Waals surface area (Å²) in [6.07, 6.45) is 7.12. The number of hydrogen-bond acceptors (Lipinski definition) is 4. The van der Waals surface area contributed by atoms with Crippen molar-refractivity contribution in [1.82, 2.24) is 29.9 Å². The normalized spacial score (nSPS) is 12.3. The van der Waals surface area contributed by atoms with E-state index in [0.717, 1.165) is 22.2 Å². The first-order chi connectivity index (χ1) is 13.9. The van der Waals surface area contributed by atoms with Crippen LogP contribution in [-0.2, 0) is 18.3 Å². The van der Waals surface area contributed by atoms with Crippen molar-refractivity contribution < 1.29 is 9.18 Å². The summed E-state index contributed by atoms with van der Waals surface area (Å²) in [7, 11) is 1.84. The van der Waals surface area contributed by atoms with Crippen LogP contribution in [0, 0.1) is 5.82 Å². The molecule has 3 heterocycles. The Morgan fingerprint density at radius 1 is 1.24 bits per heavy atom. The number of rotatable bonds is 5. The van der Waals surface area contributed by atoms with Crippen molar-refractivity contribution in [2.45, 2.75) is 19.4 Å². The van der Waals surface area contributed by atoms with Crippen LogP contribution in [0.2, 0.25) is 5.02 Å². The Morgan fingerprint density at radius 3 is 2.79 bits per heavy atom. The highest BCUT2D eigenvalue weighted by Crippen LogP contribution is 2.21. The molecular weight excluding hydrogens is 395 g/mol. The van der Waals surface area contributed by atoms with Gasteiger partial charge in [0.1, 0.15) is 11.5 Å². The average Bonchev–Trinajstić information content (AvgIpc) is 3.29. The maximum Gasteiger partial charge on any atom is 0.226 e. The summed E-state index contributed by atoms with van der Waals surface area (Å²) in [5.74, 6) is -0.678. The third-order valence-electron chi connectivity index (χ3n) is 4.61. The number of aromatic nitrogens is 5. The molecule has 1 amide bonds. The minimum atomic E-state index is -0.488. The molecule has 4 rings (SSSR count). The summed E-state index contributed by atoms with van der Waals surface area (Å²) in [5, 5.41) is 12.3. The molecule has 29 heavy (non-hydrogen) atoms. The number of halogens is 2. The number of aryl methyl sites for hydroxylation is 1. The number of pyridine rings is 1. The summed E-state index contributed by atoms with van der Waals surface area (Å²) in [6, 6.07) is 5.93. The van der Waals surface area contributed by atoms with Gasteiger partial charge in [0.15, 0.2) is 0 Å². The minimum absolute atomic E-state index is 0.0290. The van der Waals surface area contributed by atoms with Crippen LogP contribution in [0.5, 0.6) is 0 Å². The molecule has 148 valence electrons. The first-order valence-corrected chi connectivity index (χ1v) is 9.34. The second-order valence-corrected chi connectivity index (χ2v) is 7.21. The van der Waals surface area contributed by atoms with Crippen molar-refractivity contribution in [3.05, 3.63) is 71.2 Å². The topological polar surface area (TPSA) is 77.6 Å². The zero-order valence-electron chi connectivity index (χ0n) is 15.8. The van der Waals surface area contributed by atoms with Crippen LogP contribution in [0.25, 0.3) is 16.6 Å². The third-order valence-corrected chi connectivity index (χ3v) is 4.90. The van der Waals surface area contributed by atoms with E-state index in [0.29, 0.717) is 5.69 Å². The van der Waals surface area contributed by atoms with E-state index in [1.54, 1.807) is 34.0 Å². The lowest BCUT2D eigenvalue weighted by Crippen LogP contribution is -2.28. The minimum Gasteiger partial charge on any atom is -0.349 e. The summed E-state index contributed by atoms with van der Waals surface area (Å²) in [6.45, 7) is 1.82. The Bertz CT molecular complexity index is 1200. The predicted molar refractivity (Wildman–Crippen MR) is 107 cm³/mol. The molecule has 1 aromatic carbocycles. The van der Waals surface area contributed by atoms with Gasteiger partial charge in [-0.05, 0) is 30.7 Å². The Morgan fingerprint density at radius 2 is 2.07 bits per heavy atom. The molecule has 3 aromatic heterocycles. The second-order valence-electron chi connectivity index (χ2n) is 6.80. The number of nitrogens with one attached hydrogen (secondary N) is 1. The fraction of sp³-hybridized carbons (Fsp3) is 0.200. The smallest absolute Gasteiger partial charge is 0.226 e. The molecule has 4 aromatic rings. The van der Waals surface area contributed by atoms with Gasteiger partial charge in [-0.15, -0.1) is 0 Å². The van der Waals surface area contributed by atoms with Crippen molar-refractivity contribution >= 4 is 28.4 Å². The van der Waals surface area contributed by atoms with Gasteiger partial charge in [-0.2, -0.15) is 10.2 Å². The average molecular weight is 413 g/mol. The Hall–Kier alpha value is -3.26. The van der Waals surface area contributed by atoms with Crippen molar-refractivity contribution in [3.63, 3.8) is 0 Å². The van der Waals surface area contributed by atoms with Gasteiger partial charge in [-0.3, -0.25) is 14.5 Å². The quantitative estimate of drug-likeness (QED) is 0.545. The zero-order chi connectivity index (χ0) is 20.5. The monoisotopic (exact) mass is 412 g/mol. The lowest BCUT2D eigenvalue weighted by molar-refractivity contribution is -0.121. The number of benzene rings is 1. The van der Waals surface area contributed by atoms with E-state index in [2.05, 4.69) is 20.5 Å². The fourth-order valence-electron chi connectivity index (χ4n) is 3.11. The molecule has 0 aliphatic heterocycles. The van der Waals surface area contributed by atoms with E-state index in [1.807, 2.05) is 26.2 Å². The van der Waals surface area contributed by atoms with E-state index in [1.165, 1.54) is 12.1 Å². The summed E-state index contributed by atoms with van der Waals surface area (Å²) >= 11 is 5.82. The van der Waals surface area contributed by atoms with Crippen molar-refractivity contribution in [1.29, 1.82) is 0 Å². The third kappa shape index (κ3) is 3.97. The van der Waals surface area contributed by atoms with Gasteiger partial charge in [0.05, 0.1) is 53.5 Å².